The molecule has 7 heteroatoms. The molecule has 1 aliphatic rings. The Kier molecular flexibility index (Phi) is 3.40. The molecule has 0 aliphatic heterocycles. The Hall–Kier alpha value is -1.76. The van der Waals surface area contributed by atoms with Gasteiger partial charge in [0.15, 0.2) is 0 Å². The lowest BCUT2D eigenvalue weighted by Crippen LogP contribution is -2.29. The molecule has 2 unspecified atom stereocenters. The predicted molar refractivity (Wildman–Crippen MR) is 64.3 cm³/mol. The molecule has 104 valence electrons. The standard InChI is InChI=1S/C12H14F3N3O/c1-6-5-9(6)17-11(19)7-3-2-4-8(10(7)18-16)12(13,14)15/h2-4,6,9,18H,5,16H2,1H3,(H,17,19). The summed E-state index contributed by atoms with van der Waals surface area (Å²) in [5.74, 6) is 4.95. The van der Waals surface area contributed by atoms with Crippen LogP contribution in [-0.4, -0.2) is 11.9 Å². The Morgan fingerprint density at radius 3 is 2.53 bits per heavy atom. The molecule has 2 rings (SSSR count). The third-order valence-electron chi connectivity index (χ3n) is 3.18. The Balaban J connectivity index is 2.32. The van der Waals surface area contributed by atoms with Crippen LogP contribution in [0.25, 0.3) is 0 Å². The maximum atomic E-state index is 12.8. The van der Waals surface area contributed by atoms with Gasteiger partial charge < -0.3 is 10.7 Å². The van der Waals surface area contributed by atoms with E-state index >= 15 is 0 Å². The van der Waals surface area contributed by atoms with Crippen molar-refractivity contribution in [3.8, 4) is 0 Å². The first kappa shape index (κ1) is 13.7. The van der Waals surface area contributed by atoms with Crippen molar-refractivity contribution in [3.05, 3.63) is 29.3 Å². The van der Waals surface area contributed by atoms with Crippen molar-refractivity contribution >= 4 is 11.6 Å². The van der Waals surface area contributed by atoms with E-state index in [-0.39, 0.29) is 11.6 Å². The number of rotatable bonds is 3. The Morgan fingerprint density at radius 2 is 2.05 bits per heavy atom. The van der Waals surface area contributed by atoms with E-state index in [1.807, 2.05) is 12.3 Å². The van der Waals surface area contributed by atoms with Crippen LogP contribution in [-0.2, 0) is 6.18 Å². The zero-order valence-electron chi connectivity index (χ0n) is 10.2. The van der Waals surface area contributed by atoms with Crippen molar-refractivity contribution in [3.63, 3.8) is 0 Å². The van der Waals surface area contributed by atoms with Crippen LogP contribution in [0.1, 0.15) is 29.3 Å². The van der Waals surface area contributed by atoms with Crippen LogP contribution in [0.3, 0.4) is 0 Å². The van der Waals surface area contributed by atoms with E-state index in [9.17, 15) is 18.0 Å². The summed E-state index contributed by atoms with van der Waals surface area (Å²) in [6.07, 6.45) is -3.72. The molecule has 0 spiro atoms. The van der Waals surface area contributed by atoms with Crippen LogP contribution in [0.2, 0.25) is 0 Å². The fraction of sp³-hybridized carbons (Fsp3) is 0.417. The molecular weight excluding hydrogens is 259 g/mol. The topological polar surface area (TPSA) is 67.2 Å². The van der Waals surface area contributed by atoms with Crippen molar-refractivity contribution in [2.45, 2.75) is 25.6 Å². The average Bonchev–Trinajstić information content (AvgIpc) is 3.02. The fourth-order valence-electron chi connectivity index (χ4n) is 1.90. The summed E-state index contributed by atoms with van der Waals surface area (Å²) in [6, 6.07) is 3.42. The third-order valence-corrected chi connectivity index (χ3v) is 3.18. The van der Waals surface area contributed by atoms with E-state index in [1.165, 1.54) is 12.1 Å². The molecule has 1 amide bonds. The lowest BCUT2D eigenvalue weighted by Gasteiger charge is -2.16. The molecule has 0 saturated heterocycles. The molecule has 4 N–H and O–H groups in total. The lowest BCUT2D eigenvalue weighted by atomic mass is 10.1. The molecule has 1 aromatic carbocycles. The van der Waals surface area contributed by atoms with Crippen molar-refractivity contribution in [1.82, 2.24) is 5.32 Å². The minimum atomic E-state index is -4.56. The number of amides is 1. The highest BCUT2D eigenvalue weighted by molar-refractivity contribution is 6.00. The second kappa shape index (κ2) is 4.73. The number of nitrogens with two attached hydrogens (primary N) is 1. The first-order valence-corrected chi connectivity index (χ1v) is 5.82. The quantitative estimate of drug-likeness (QED) is 0.584. The predicted octanol–water partition coefficient (Wildman–Crippen LogP) is 2.13. The minimum absolute atomic E-state index is 0.0349. The van der Waals surface area contributed by atoms with Gasteiger partial charge in [-0.05, 0) is 24.5 Å². The second-order valence-electron chi connectivity index (χ2n) is 4.66. The molecule has 0 radical (unpaired) electrons. The number of alkyl halides is 3. The first-order chi connectivity index (χ1) is 8.84. The van der Waals surface area contributed by atoms with E-state index in [0.717, 1.165) is 12.5 Å². The summed E-state index contributed by atoms with van der Waals surface area (Å²) in [4.78, 5) is 11.9. The summed E-state index contributed by atoms with van der Waals surface area (Å²) in [6.45, 7) is 1.96. The zero-order valence-corrected chi connectivity index (χ0v) is 10.2. The number of hydrogen-bond donors (Lipinski definition) is 3. The fourth-order valence-corrected chi connectivity index (χ4v) is 1.90. The summed E-state index contributed by atoms with van der Waals surface area (Å²) in [5, 5.41) is 2.67. The van der Waals surface area contributed by atoms with Gasteiger partial charge in [-0.3, -0.25) is 10.6 Å². The molecule has 0 aromatic heterocycles. The number of halogens is 3. The van der Waals surface area contributed by atoms with Crippen LogP contribution < -0.4 is 16.6 Å². The van der Waals surface area contributed by atoms with Gasteiger partial charge in [-0.25, -0.2) is 0 Å². The maximum absolute atomic E-state index is 12.8. The molecule has 1 aromatic rings. The average molecular weight is 273 g/mol. The molecule has 0 heterocycles. The molecule has 1 fully saturated rings. The summed E-state index contributed by atoms with van der Waals surface area (Å²) < 4.78 is 38.4. The Bertz CT molecular complexity index is 501. The van der Waals surface area contributed by atoms with Gasteiger partial charge in [-0.2, -0.15) is 13.2 Å². The van der Waals surface area contributed by atoms with Gasteiger partial charge in [0, 0.05) is 6.04 Å². The van der Waals surface area contributed by atoms with Gasteiger partial charge in [0.05, 0.1) is 16.8 Å². The Morgan fingerprint density at radius 1 is 1.42 bits per heavy atom. The third kappa shape index (κ3) is 2.81. The molecule has 19 heavy (non-hydrogen) atoms. The number of anilines is 1. The SMILES string of the molecule is CC1CC1NC(=O)c1cccc(C(F)(F)F)c1NN. The van der Waals surface area contributed by atoms with Crippen LogP contribution in [0.5, 0.6) is 0 Å². The molecule has 0 bridgehead atoms. The molecule has 1 aliphatic carbocycles. The number of nitrogen functional groups attached to an aromatic ring is 1. The number of benzene rings is 1. The zero-order chi connectivity index (χ0) is 14.2. The van der Waals surface area contributed by atoms with E-state index in [1.54, 1.807) is 0 Å². The number of carbonyl (C=O) groups excluding carboxylic acids is 1. The highest BCUT2D eigenvalue weighted by Crippen LogP contribution is 2.36. The van der Waals surface area contributed by atoms with Crippen molar-refractivity contribution in [1.29, 1.82) is 0 Å². The van der Waals surface area contributed by atoms with Gasteiger partial charge in [-0.15, -0.1) is 0 Å². The molecule has 2 atom stereocenters. The van der Waals surface area contributed by atoms with Gasteiger partial charge >= 0.3 is 6.18 Å². The highest BCUT2D eigenvalue weighted by atomic mass is 19.4. The van der Waals surface area contributed by atoms with Gasteiger partial charge in [0.2, 0.25) is 0 Å². The number of hydrazine groups is 1. The molecular formula is C12H14F3N3O. The molecule has 1 saturated carbocycles. The van der Waals surface area contributed by atoms with E-state index in [0.29, 0.717) is 5.92 Å². The van der Waals surface area contributed by atoms with Crippen LogP contribution >= 0.6 is 0 Å². The van der Waals surface area contributed by atoms with Crippen molar-refractivity contribution < 1.29 is 18.0 Å². The van der Waals surface area contributed by atoms with Gasteiger partial charge in [0.1, 0.15) is 0 Å². The van der Waals surface area contributed by atoms with Crippen LogP contribution in [0.15, 0.2) is 18.2 Å². The summed E-state index contributed by atoms with van der Waals surface area (Å²) in [7, 11) is 0. The smallest absolute Gasteiger partial charge is 0.349 e. The lowest BCUT2D eigenvalue weighted by molar-refractivity contribution is -0.137. The second-order valence-corrected chi connectivity index (χ2v) is 4.66. The van der Waals surface area contributed by atoms with Gasteiger partial charge in [-0.1, -0.05) is 13.0 Å². The van der Waals surface area contributed by atoms with Crippen LogP contribution in [0, 0.1) is 5.92 Å². The number of para-hydroxylation sites is 1. The number of nitrogens with one attached hydrogen (secondary N) is 2. The van der Waals surface area contributed by atoms with Gasteiger partial charge in [0.25, 0.3) is 5.91 Å². The molecule has 4 nitrogen and oxygen atoms in total. The number of carbonyl (C=O) groups is 1. The van der Waals surface area contributed by atoms with Crippen LogP contribution in [0.4, 0.5) is 18.9 Å². The monoisotopic (exact) mass is 273 g/mol. The maximum Gasteiger partial charge on any atom is 0.418 e. The van der Waals surface area contributed by atoms with E-state index < -0.39 is 23.3 Å². The first-order valence-electron chi connectivity index (χ1n) is 5.82. The summed E-state index contributed by atoms with van der Waals surface area (Å²) in [5.41, 5.74) is 0.521. The number of hydrogen-bond acceptors (Lipinski definition) is 3. The van der Waals surface area contributed by atoms with E-state index in [2.05, 4.69) is 5.32 Å². The minimum Gasteiger partial charge on any atom is -0.349 e. The Labute approximate surface area is 108 Å². The summed E-state index contributed by atoms with van der Waals surface area (Å²) >= 11 is 0. The van der Waals surface area contributed by atoms with E-state index in [4.69, 9.17) is 5.84 Å². The van der Waals surface area contributed by atoms with Crippen molar-refractivity contribution in [2.75, 3.05) is 5.43 Å². The normalized spacial score (nSPS) is 21.9. The van der Waals surface area contributed by atoms with Crippen molar-refractivity contribution in [2.24, 2.45) is 11.8 Å². The largest absolute Gasteiger partial charge is 0.418 e. The highest BCUT2D eigenvalue weighted by Gasteiger charge is 2.37.